The first-order valence-corrected chi connectivity index (χ1v) is 7.20. The molecule has 0 N–H and O–H groups in total. The van der Waals surface area contributed by atoms with E-state index in [1.165, 1.54) is 0 Å². The van der Waals surface area contributed by atoms with Gasteiger partial charge >= 0.3 is 0 Å². The third kappa shape index (κ3) is 3.33. The van der Waals surface area contributed by atoms with E-state index in [1.807, 2.05) is 19.9 Å². The standard InChI is InChI=1S/C15H16BrNO3/c1-15(2)7-13(19)17(14(20)8-15)9-12(18)10-4-3-5-11(16)6-10/h3-6H,7-9H2,1-2H3. The minimum Gasteiger partial charge on any atom is -0.292 e. The molecule has 0 radical (unpaired) electrons. The zero-order valence-corrected chi connectivity index (χ0v) is 13.1. The largest absolute Gasteiger partial charge is 0.292 e. The van der Waals surface area contributed by atoms with Gasteiger partial charge in [-0.1, -0.05) is 41.9 Å². The number of hydrogen-bond donors (Lipinski definition) is 0. The van der Waals surface area contributed by atoms with Crippen molar-refractivity contribution in [2.24, 2.45) is 5.41 Å². The van der Waals surface area contributed by atoms with E-state index in [2.05, 4.69) is 15.9 Å². The van der Waals surface area contributed by atoms with E-state index < -0.39 is 0 Å². The van der Waals surface area contributed by atoms with Crippen molar-refractivity contribution < 1.29 is 14.4 Å². The van der Waals surface area contributed by atoms with E-state index in [-0.39, 0.29) is 29.6 Å². The molecule has 1 fully saturated rings. The van der Waals surface area contributed by atoms with E-state index in [1.54, 1.807) is 18.2 Å². The summed E-state index contributed by atoms with van der Waals surface area (Å²) in [4.78, 5) is 37.2. The summed E-state index contributed by atoms with van der Waals surface area (Å²) >= 11 is 3.29. The summed E-state index contributed by atoms with van der Waals surface area (Å²) in [5.74, 6) is -0.767. The lowest BCUT2D eigenvalue weighted by atomic mass is 9.81. The highest BCUT2D eigenvalue weighted by molar-refractivity contribution is 9.10. The molecular formula is C15H16BrNO3. The minimum atomic E-state index is -0.316. The first-order valence-electron chi connectivity index (χ1n) is 6.40. The Morgan fingerprint density at radius 2 is 1.85 bits per heavy atom. The molecule has 106 valence electrons. The molecule has 4 nitrogen and oxygen atoms in total. The Morgan fingerprint density at radius 3 is 2.40 bits per heavy atom. The van der Waals surface area contributed by atoms with E-state index >= 15 is 0 Å². The third-order valence-electron chi connectivity index (χ3n) is 3.31. The summed E-state index contributed by atoms with van der Waals surface area (Å²) in [6, 6.07) is 6.93. The Kier molecular flexibility index (Phi) is 4.09. The molecule has 0 aliphatic carbocycles. The van der Waals surface area contributed by atoms with Gasteiger partial charge in [0, 0.05) is 22.9 Å². The topological polar surface area (TPSA) is 54.5 Å². The van der Waals surface area contributed by atoms with Gasteiger partial charge in [-0.2, -0.15) is 0 Å². The molecule has 0 aromatic heterocycles. The van der Waals surface area contributed by atoms with Crippen molar-refractivity contribution in [3.63, 3.8) is 0 Å². The molecule has 0 bridgehead atoms. The number of amides is 2. The van der Waals surface area contributed by atoms with Gasteiger partial charge in [0.1, 0.15) is 0 Å². The summed E-state index contributed by atoms with van der Waals surface area (Å²) in [5, 5.41) is 0. The summed E-state index contributed by atoms with van der Waals surface area (Å²) < 4.78 is 0.792. The van der Waals surface area contributed by atoms with Gasteiger partial charge in [0.15, 0.2) is 5.78 Å². The summed E-state index contributed by atoms with van der Waals surface area (Å²) in [7, 11) is 0. The highest BCUT2D eigenvalue weighted by Gasteiger charge is 2.38. The lowest BCUT2D eigenvalue weighted by molar-refractivity contribution is -0.151. The van der Waals surface area contributed by atoms with E-state index in [9.17, 15) is 14.4 Å². The molecule has 1 aliphatic heterocycles. The van der Waals surface area contributed by atoms with Crippen LogP contribution in [-0.4, -0.2) is 29.0 Å². The second kappa shape index (κ2) is 5.48. The maximum Gasteiger partial charge on any atom is 0.230 e. The first kappa shape index (κ1) is 14.9. The lowest BCUT2D eigenvalue weighted by Gasteiger charge is -2.34. The fourth-order valence-electron chi connectivity index (χ4n) is 2.28. The molecule has 0 unspecified atom stereocenters. The monoisotopic (exact) mass is 337 g/mol. The predicted molar refractivity (Wildman–Crippen MR) is 78.2 cm³/mol. The smallest absolute Gasteiger partial charge is 0.230 e. The van der Waals surface area contributed by atoms with Crippen molar-refractivity contribution in [3.8, 4) is 0 Å². The van der Waals surface area contributed by atoms with Crippen molar-refractivity contribution in [2.75, 3.05) is 6.54 Å². The van der Waals surface area contributed by atoms with E-state index in [4.69, 9.17) is 0 Å². The number of rotatable bonds is 3. The average Bonchev–Trinajstić information content (AvgIpc) is 2.32. The fraction of sp³-hybridized carbons (Fsp3) is 0.400. The second-order valence-corrected chi connectivity index (χ2v) is 6.74. The second-order valence-electron chi connectivity index (χ2n) is 5.82. The van der Waals surface area contributed by atoms with Crippen LogP contribution >= 0.6 is 15.9 Å². The molecule has 0 atom stereocenters. The number of hydrogen-bond acceptors (Lipinski definition) is 3. The van der Waals surface area contributed by atoms with Crippen LogP contribution in [0.2, 0.25) is 0 Å². The van der Waals surface area contributed by atoms with Gasteiger partial charge in [-0.25, -0.2) is 0 Å². The first-order chi connectivity index (χ1) is 9.28. The number of benzene rings is 1. The minimum absolute atomic E-state index is 0.176. The Morgan fingerprint density at radius 1 is 1.25 bits per heavy atom. The SMILES string of the molecule is CC1(C)CC(=O)N(CC(=O)c2cccc(Br)c2)C(=O)C1. The molecule has 0 saturated carbocycles. The normalized spacial score (nSPS) is 18.2. The van der Waals surface area contributed by atoms with Gasteiger partial charge in [-0.05, 0) is 17.5 Å². The van der Waals surface area contributed by atoms with Crippen LogP contribution in [0.1, 0.15) is 37.0 Å². The van der Waals surface area contributed by atoms with Gasteiger partial charge < -0.3 is 0 Å². The van der Waals surface area contributed by atoms with Crippen LogP contribution in [0.5, 0.6) is 0 Å². The molecule has 2 amide bonds. The number of carbonyl (C=O) groups is 3. The fourth-order valence-corrected chi connectivity index (χ4v) is 2.68. The van der Waals surface area contributed by atoms with Crippen LogP contribution in [-0.2, 0) is 9.59 Å². The van der Waals surface area contributed by atoms with Crippen molar-refractivity contribution in [1.29, 1.82) is 0 Å². The molecular weight excluding hydrogens is 322 g/mol. The van der Waals surface area contributed by atoms with Gasteiger partial charge in [-0.15, -0.1) is 0 Å². The number of Topliss-reactive ketones (excluding diaryl/α,β-unsaturated/α-hetero) is 1. The van der Waals surface area contributed by atoms with E-state index in [0.717, 1.165) is 9.37 Å². The highest BCUT2D eigenvalue weighted by atomic mass is 79.9. The predicted octanol–water partition coefficient (Wildman–Crippen LogP) is 2.81. The van der Waals surface area contributed by atoms with E-state index in [0.29, 0.717) is 18.4 Å². The molecule has 20 heavy (non-hydrogen) atoms. The van der Waals surface area contributed by atoms with Crippen molar-refractivity contribution >= 4 is 33.5 Å². The van der Waals surface area contributed by atoms with Crippen molar-refractivity contribution in [1.82, 2.24) is 4.90 Å². The lowest BCUT2D eigenvalue weighted by Crippen LogP contribution is -2.48. The molecule has 1 aliphatic rings. The number of ketones is 1. The Hall–Kier alpha value is -1.49. The summed E-state index contributed by atoms with van der Waals surface area (Å²) in [6.07, 6.45) is 0.592. The zero-order chi connectivity index (χ0) is 14.9. The van der Waals surface area contributed by atoms with Crippen molar-refractivity contribution in [2.45, 2.75) is 26.7 Å². The van der Waals surface area contributed by atoms with Crippen LogP contribution in [0.25, 0.3) is 0 Å². The van der Waals surface area contributed by atoms with Crippen LogP contribution in [0.3, 0.4) is 0 Å². The van der Waals surface area contributed by atoms with Gasteiger partial charge in [0.05, 0.1) is 6.54 Å². The molecule has 2 rings (SSSR count). The summed E-state index contributed by atoms with van der Waals surface area (Å²) in [6.45, 7) is 3.59. The summed E-state index contributed by atoms with van der Waals surface area (Å²) in [5.41, 5.74) is 0.175. The molecule has 1 aromatic rings. The Balaban J connectivity index is 2.12. The van der Waals surface area contributed by atoms with Crippen molar-refractivity contribution in [3.05, 3.63) is 34.3 Å². The van der Waals surface area contributed by atoms with Crippen LogP contribution in [0.15, 0.2) is 28.7 Å². The number of nitrogens with zero attached hydrogens (tertiary/aromatic N) is 1. The number of carbonyl (C=O) groups excluding carboxylic acids is 3. The number of halogens is 1. The molecule has 5 heteroatoms. The Bertz CT molecular complexity index is 560. The van der Waals surface area contributed by atoms with Gasteiger partial charge in [-0.3, -0.25) is 19.3 Å². The zero-order valence-electron chi connectivity index (χ0n) is 11.5. The van der Waals surface area contributed by atoms with Crippen LogP contribution in [0, 0.1) is 5.41 Å². The maximum atomic E-state index is 12.2. The van der Waals surface area contributed by atoms with Gasteiger partial charge in [0.2, 0.25) is 11.8 Å². The van der Waals surface area contributed by atoms with Crippen LogP contribution < -0.4 is 0 Å². The molecule has 1 saturated heterocycles. The number of piperidine rings is 1. The van der Waals surface area contributed by atoms with Gasteiger partial charge in [0.25, 0.3) is 0 Å². The number of imide groups is 1. The number of likely N-dealkylation sites (tertiary alicyclic amines) is 1. The maximum absolute atomic E-state index is 12.2. The quantitative estimate of drug-likeness (QED) is 0.629. The Labute approximate surface area is 126 Å². The van der Waals surface area contributed by atoms with Crippen LogP contribution in [0.4, 0.5) is 0 Å². The molecule has 1 heterocycles. The molecule has 0 spiro atoms. The molecule has 1 aromatic carbocycles. The highest BCUT2D eigenvalue weighted by Crippen LogP contribution is 2.31. The average molecular weight is 338 g/mol. The third-order valence-corrected chi connectivity index (χ3v) is 3.80.